The smallest absolute Gasteiger partial charge is 0.387 e. The van der Waals surface area contributed by atoms with E-state index in [1.807, 2.05) is 0 Å². The number of amides is 3. The number of carbonyl (C=O) groups excluding carboxylic acids is 3. The summed E-state index contributed by atoms with van der Waals surface area (Å²) in [5.41, 5.74) is 0.862. The molecule has 1 unspecified atom stereocenters. The van der Waals surface area contributed by atoms with Gasteiger partial charge >= 0.3 is 6.61 Å². The molecule has 1 saturated heterocycles. The van der Waals surface area contributed by atoms with E-state index in [9.17, 15) is 41.2 Å². The first-order valence-electron chi connectivity index (χ1n) is 15.5. The third-order valence-corrected chi connectivity index (χ3v) is 9.70. The van der Waals surface area contributed by atoms with Gasteiger partial charge in [-0.3, -0.25) is 24.7 Å². The summed E-state index contributed by atoms with van der Waals surface area (Å²) in [4.78, 5) is 45.9. The Balaban J connectivity index is 1.36. The third kappa shape index (κ3) is 8.48. The summed E-state index contributed by atoms with van der Waals surface area (Å²) in [6.07, 6.45) is 2.58. The summed E-state index contributed by atoms with van der Waals surface area (Å²) in [6, 6.07) is 11.2. The second kappa shape index (κ2) is 14.4. The van der Waals surface area contributed by atoms with Crippen LogP contribution in [0.5, 0.6) is 5.75 Å². The van der Waals surface area contributed by atoms with Crippen molar-refractivity contribution in [2.75, 3.05) is 36.4 Å². The van der Waals surface area contributed by atoms with Gasteiger partial charge in [-0.05, 0) is 73.2 Å². The molecule has 12 nitrogen and oxygen atoms in total. The van der Waals surface area contributed by atoms with Crippen LogP contribution in [0.15, 0.2) is 59.5 Å². The van der Waals surface area contributed by atoms with E-state index in [0.717, 1.165) is 30.2 Å². The first-order chi connectivity index (χ1) is 23.1. The van der Waals surface area contributed by atoms with Gasteiger partial charge in [-0.15, -0.1) is 0 Å². The fourth-order valence-electron chi connectivity index (χ4n) is 5.85. The van der Waals surface area contributed by atoms with E-state index in [0.29, 0.717) is 11.4 Å². The lowest BCUT2D eigenvalue weighted by Crippen LogP contribution is -2.45. The van der Waals surface area contributed by atoms with E-state index in [1.165, 1.54) is 60.2 Å². The number of aromatic nitrogens is 1. The number of nitrogens with zero attached hydrogens (tertiary/aromatic N) is 4. The fourth-order valence-corrected chi connectivity index (χ4v) is 6.82. The third-order valence-electron chi connectivity index (χ3n) is 8.55. The van der Waals surface area contributed by atoms with Crippen molar-refractivity contribution in [3.05, 3.63) is 77.4 Å². The maximum Gasteiger partial charge on any atom is 0.387 e. The fraction of sp³-hybridized carbons (Fsp3) is 0.394. The van der Waals surface area contributed by atoms with Gasteiger partial charge in [0.2, 0.25) is 11.8 Å². The second-order valence-corrected chi connectivity index (χ2v) is 14.2. The summed E-state index contributed by atoms with van der Waals surface area (Å²) < 4.78 is 70.4. The SMILES string of the molecule is CC(=O)N1CC(c2cc(N(O)CC3CC3)c(OC(F)F)cc2S(C)(=O)=O)C[C@@H]1C(=O)NCc1cccc(C(=O)N(C)c2ccc(F)cc2)n1. The molecule has 2 aromatic carbocycles. The van der Waals surface area contributed by atoms with Crippen molar-refractivity contribution in [3.8, 4) is 5.75 Å². The van der Waals surface area contributed by atoms with E-state index in [4.69, 9.17) is 0 Å². The van der Waals surface area contributed by atoms with Gasteiger partial charge in [-0.1, -0.05) is 6.07 Å². The summed E-state index contributed by atoms with van der Waals surface area (Å²) >= 11 is 0. The average molecular weight is 704 g/mol. The zero-order valence-corrected chi connectivity index (χ0v) is 27.8. The topological polar surface area (TPSA) is 149 Å². The molecule has 2 aliphatic rings. The van der Waals surface area contributed by atoms with Gasteiger partial charge in [0.15, 0.2) is 15.6 Å². The molecule has 2 N–H and O–H groups in total. The maximum atomic E-state index is 13.5. The molecule has 5 rings (SSSR count). The number of anilines is 2. The minimum atomic E-state index is -4.03. The van der Waals surface area contributed by atoms with Gasteiger partial charge < -0.3 is 19.9 Å². The number of sulfone groups is 1. The van der Waals surface area contributed by atoms with E-state index in [2.05, 4.69) is 15.0 Å². The summed E-state index contributed by atoms with van der Waals surface area (Å²) in [7, 11) is -2.51. The van der Waals surface area contributed by atoms with Crippen molar-refractivity contribution in [2.45, 2.75) is 56.2 Å². The predicted molar refractivity (Wildman–Crippen MR) is 172 cm³/mol. The number of halogens is 3. The van der Waals surface area contributed by atoms with Crippen LogP contribution in [-0.2, 0) is 26.0 Å². The minimum absolute atomic E-state index is 0.00903. The van der Waals surface area contributed by atoms with Gasteiger partial charge in [0.05, 0.1) is 17.1 Å². The molecule has 2 heterocycles. The maximum absolute atomic E-state index is 13.5. The molecule has 3 aromatic rings. The summed E-state index contributed by atoms with van der Waals surface area (Å²) in [5.74, 6) is -3.03. The molecule has 0 spiro atoms. The second-order valence-electron chi connectivity index (χ2n) is 12.2. The van der Waals surface area contributed by atoms with Gasteiger partial charge in [0, 0.05) is 51.0 Å². The molecule has 49 heavy (non-hydrogen) atoms. The number of carbonyl (C=O) groups is 3. The Kier molecular flexibility index (Phi) is 10.5. The highest BCUT2D eigenvalue weighted by Crippen LogP contribution is 2.42. The molecular formula is C33H36F3N5O7S. The number of alkyl halides is 2. The molecule has 0 radical (unpaired) electrons. The number of hydrogen-bond acceptors (Lipinski definition) is 9. The summed E-state index contributed by atoms with van der Waals surface area (Å²) in [6.45, 7) is -2.06. The van der Waals surface area contributed by atoms with E-state index >= 15 is 0 Å². The van der Waals surface area contributed by atoms with Crippen LogP contribution in [0.4, 0.5) is 24.5 Å². The van der Waals surface area contributed by atoms with Gasteiger partial charge in [0.25, 0.3) is 5.91 Å². The Morgan fingerprint density at radius 3 is 2.43 bits per heavy atom. The number of ether oxygens (including phenoxy) is 1. The Morgan fingerprint density at radius 2 is 1.82 bits per heavy atom. The van der Waals surface area contributed by atoms with Crippen LogP contribution in [0.1, 0.15) is 53.8 Å². The standard InChI is InChI=1S/C33H36F3N5O7S/c1-19(42)40-18-21(25-14-27(41(45)17-20-7-8-20)29(48-33(35)36)15-30(25)49(3,46)47)13-28(40)31(43)37-16-23-5-4-6-26(38-23)32(44)39(2)24-11-9-22(34)10-12-24/h4-6,9-12,14-15,20-21,28,33,45H,7-8,13,16-18H2,1-3H3,(H,37,43)/t21?,28-/m1/s1. The first-order valence-corrected chi connectivity index (χ1v) is 17.3. The van der Waals surface area contributed by atoms with E-state index in [1.54, 1.807) is 12.1 Å². The Hall–Kier alpha value is -4.70. The number of hydroxylamine groups is 1. The quantitative estimate of drug-likeness (QED) is 0.266. The Labute approximate surface area is 281 Å². The minimum Gasteiger partial charge on any atom is -0.432 e. The zero-order valence-electron chi connectivity index (χ0n) is 27.0. The van der Waals surface area contributed by atoms with E-state index in [-0.39, 0.29) is 53.8 Å². The predicted octanol–water partition coefficient (Wildman–Crippen LogP) is 4.13. The number of nitrogens with one attached hydrogen (secondary N) is 1. The highest BCUT2D eigenvalue weighted by atomic mass is 32.2. The van der Waals surface area contributed by atoms with Crippen LogP contribution >= 0.6 is 0 Å². The lowest BCUT2D eigenvalue weighted by atomic mass is 9.95. The molecule has 3 amide bonds. The van der Waals surface area contributed by atoms with Crippen LogP contribution < -0.4 is 20.0 Å². The monoisotopic (exact) mass is 703 g/mol. The van der Waals surface area contributed by atoms with Crippen molar-refractivity contribution in [1.82, 2.24) is 15.2 Å². The van der Waals surface area contributed by atoms with Crippen LogP contribution in [0.2, 0.25) is 0 Å². The molecule has 0 bridgehead atoms. The van der Waals surface area contributed by atoms with Crippen LogP contribution in [-0.4, -0.2) is 80.3 Å². The molecular weight excluding hydrogens is 667 g/mol. The van der Waals surface area contributed by atoms with Gasteiger partial charge in [-0.2, -0.15) is 8.78 Å². The highest BCUT2D eigenvalue weighted by Gasteiger charge is 2.41. The normalized spacial score (nSPS) is 17.6. The largest absolute Gasteiger partial charge is 0.432 e. The Morgan fingerprint density at radius 1 is 1.12 bits per heavy atom. The van der Waals surface area contributed by atoms with Crippen molar-refractivity contribution in [3.63, 3.8) is 0 Å². The molecule has 2 atom stereocenters. The molecule has 1 aromatic heterocycles. The lowest BCUT2D eigenvalue weighted by molar-refractivity contribution is -0.136. The van der Waals surface area contributed by atoms with Crippen molar-refractivity contribution < 1.29 is 45.9 Å². The molecule has 1 aliphatic heterocycles. The molecule has 2 fully saturated rings. The number of likely N-dealkylation sites (tertiary alicyclic amines) is 1. The van der Waals surface area contributed by atoms with E-state index < -0.39 is 57.7 Å². The zero-order chi connectivity index (χ0) is 35.6. The Bertz CT molecular complexity index is 1840. The number of benzene rings is 2. The summed E-state index contributed by atoms with van der Waals surface area (Å²) in [5, 5.41) is 14.3. The molecule has 262 valence electrons. The van der Waals surface area contributed by atoms with Crippen molar-refractivity contribution in [1.29, 1.82) is 0 Å². The average Bonchev–Trinajstić information content (AvgIpc) is 3.75. The van der Waals surface area contributed by atoms with Crippen molar-refractivity contribution in [2.24, 2.45) is 5.92 Å². The molecule has 1 saturated carbocycles. The number of hydrogen-bond donors (Lipinski definition) is 2. The van der Waals surface area contributed by atoms with Gasteiger partial charge in [0.1, 0.15) is 23.2 Å². The van der Waals surface area contributed by atoms with Crippen LogP contribution in [0, 0.1) is 11.7 Å². The molecule has 16 heteroatoms. The first kappa shape index (κ1) is 35.6. The van der Waals surface area contributed by atoms with Crippen LogP contribution in [0.25, 0.3) is 0 Å². The number of rotatable bonds is 12. The highest BCUT2D eigenvalue weighted by molar-refractivity contribution is 7.90. The van der Waals surface area contributed by atoms with Crippen molar-refractivity contribution >= 4 is 38.9 Å². The van der Waals surface area contributed by atoms with Gasteiger partial charge in [-0.25, -0.2) is 17.8 Å². The lowest BCUT2D eigenvalue weighted by Gasteiger charge is -2.24. The van der Waals surface area contributed by atoms with Crippen LogP contribution in [0.3, 0.4) is 0 Å². The molecule has 1 aliphatic carbocycles. The number of pyridine rings is 1.